The summed E-state index contributed by atoms with van der Waals surface area (Å²) >= 11 is 0. The van der Waals surface area contributed by atoms with Crippen molar-refractivity contribution in [1.82, 2.24) is 4.90 Å². The van der Waals surface area contributed by atoms with Crippen LogP contribution in [0, 0.1) is 5.92 Å². The predicted molar refractivity (Wildman–Crippen MR) is 67.5 cm³/mol. The molecule has 0 saturated carbocycles. The van der Waals surface area contributed by atoms with Crippen LogP contribution in [-0.4, -0.2) is 39.1 Å². The van der Waals surface area contributed by atoms with Crippen LogP contribution in [0.25, 0.3) is 0 Å². The monoisotopic (exact) mass is 271 g/mol. The number of hydrogen-bond donors (Lipinski definition) is 1. The molecule has 1 rings (SSSR count). The van der Waals surface area contributed by atoms with Gasteiger partial charge in [0.25, 0.3) is 0 Å². The third kappa shape index (κ3) is 2.72. The van der Waals surface area contributed by atoms with E-state index in [4.69, 9.17) is 4.74 Å². The first-order valence-electron chi connectivity index (χ1n) is 6.35. The van der Waals surface area contributed by atoms with Crippen LogP contribution in [0.1, 0.15) is 47.5 Å². The molecule has 0 spiro atoms. The lowest BCUT2D eigenvalue weighted by Gasteiger charge is -2.33. The van der Waals surface area contributed by atoms with Crippen molar-refractivity contribution >= 4 is 18.0 Å². The second kappa shape index (κ2) is 4.83. The fourth-order valence-electron chi connectivity index (χ4n) is 2.33. The highest BCUT2D eigenvalue weighted by atomic mass is 16.6. The van der Waals surface area contributed by atoms with E-state index in [1.807, 2.05) is 0 Å². The SMILES string of the molecule is CC[C@@]1(C(=O)O)C[C@H](C)C(=O)N1C(=O)OC(C)(C)C. The van der Waals surface area contributed by atoms with Gasteiger partial charge in [0, 0.05) is 5.92 Å². The number of ether oxygens (including phenoxy) is 1. The molecule has 2 atom stereocenters. The number of nitrogens with zero attached hydrogens (tertiary/aromatic N) is 1. The molecule has 1 aliphatic heterocycles. The van der Waals surface area contributed by atoms with Gasteiger partial charge < -0.3 is 9.84 Å². The second-order valence-electron chi connectivity index (χ2n) is 5.95. The van der Waals surface area contributed by atoms with Crippen LogP contribution >= 0.6 is 0 Å². The molecule has 0 bridgehead atoms. The normalized spacial score (nSPS) is 27.5. The Bertz CT molecular complexity index is 412. The van der Waals surface area contributed by atoms with E-state index in [1.54, 1.807) is 34.6 Å². The van der Waals surface area contributed by atoms with Gasteiger partial charge in [-0.1, -0.05) is 13.8 Å². The Morgan fingerprint density at radius 1 is 1.47 bits per heavy atom. The molecule has 6 nitrogen and oxygen atoms in total. The predicted octanol–water partition coefficient (Wildman–Crippen LogP) is 2.02. The third-order valence-electron chi connectivity index (χ3n) is 3.27. The number of hydrogen-bond acceptors (Lipinski definition) is 4. The quantitative estimate of drug-likeness (QED) is 0.830. The molecule has 2 amide bonds. The number of carboxylic acids is 1. The second-order valence-corrected chi connectivity index (χ2v) is 5.95. The molecule has 1 aliphatic rings. The van der Waals surface area contributed by atoms with Gasteiger partial charge >= 0.3 is 12.1 Å². The van der Waals surface area contributed by atoms with Gasteiger partial charge in [-0.15, -0.1) is 0 Å². The molecule has 1 fully saturated rings. The first-order valence-corrected chi connectivity index (χ1v) is 6.35. The third-order valence-corrected chi connectivity index (χ3v) is 3.27. The van der Waals surface area contributed by atoms with Crippen LogP contribution in [0.15, 0.2) is 0 Å². The average Bonchev–Trinajstić information content (AvgIpc) is 2.50. The Balaban J connectivity index is 3.16. The van der Waals surface area contributed by atoms with E-state index >= 15 is 0 Å². The zero-order chi connectivity index (χ0) is 15.0. The molecule has 0 aromatic heterocycles. The Labute approximate surface area is 112 Å². The molecule has 0 aliphatic carbocycles. The topological polar surface area (TPSA) is 83.9 Å². The minimum absolute atomic E-state index is 0.122. The molecule has 0 radical (unpaired) electrons. The van der Waals surface area contributed by atoms with Gasteiger partial charge in [0.15, 0.2) is 5.54 Å². The fourth-order valence-corrected chi connectivity index (χ4v) is 2.33. The van der Waals surface area contributed by atoms with Crippen molar-refractivity contribution in [3.8, 4) is 0 Å². The molecule has 0 aromatic carbocycles. The summed E-state index contributed by atoms with van der Waals surface area (Å²) in [6, 6.07) is 0. The van der Waals surface area contributed by atoms with Crippen LogP contribution in [0.3, 0.4) is 0 Å². The number of aliphatic carboxylic acids is 1. The van der Waals surface area contributed by atoms with Crippen LogP contribution < -0.4 is 0 Å². The van der Waals surface area contributed by atoms with Crippen molar-refractivity contribution in [3.63, 3.8) is 0 Å². The summed E-state index contributed by atoms with van der Waals surface area (Å²) < 4.78 is 5.15. The summed E-state index contributed by atoms with van der Waals surface area (Å²) in [6.45, 7) is 8.28. The lowest BCUT2D eigenvalue weighted by molar-refractivity contribution is -0.153. The van der Waals surface area contributed by atoms with Gasteiger partial charge in [0.05, 0.1) is 0 Å². The molecule has 1 N–H and O–H groups in total. The van der Waals surface area contributed by atoms with E-state index in [1.165, 1.54) is 0 Å². The summed E-state index contributed by atoms with van der Waals surface area (Å²) in [7, 11) is 0. The molecule has 1 saturated heterocycles. The van der Waals surface area contributed by atoms with E-state index in [-0.39, 0.29) is 12.8 Å². The molecule has 0 unspecified atom stereocenters. The Kier molecular flexibility index (Phi) is 3.93. The molecule has 19 heavy (non-hydrogen) atoms. The number of imide groups is 1. The number of carboxylic acid groups (broad SMARTS) is 1. The number of likely N-dealkylation sites (tertiary alicyclic amines) is 1. The zero-order valence-corrected chi connectivity index (χ0v) is 12.0. The van der Waals surface area contributed by atoms with E-state index in [2.05, 4.69) is 0 Å². The first-order chi connectivity index (χ1) is 8.55. The number of carbonyl (C=O) groups is 3. The zero-order valence-electron chi connectivity index (χ0n) is 12.0. The van der Waals surface area contributed by atoms with E-state index in [0.29, 0.717) is 0 Å². The van der Waals surface area contributed by atoms with Gasteiger partial charge in [-0.3, -0.25) is 4.79 Å². The van der Waals surface area contributed by atoms with E-state index in [0.717, 1.165) is 4.90 Å². The number of rotatable bonds is 2. The molecule has 1 heterocycles. The van der Waals surface area contributed by atoms with Gasteiger partial charge in [0.1, 0.15) is 5.60 Å². The Hall–Kier alpha value is -1.59. The van der Waals surface area contributed by atoms with Gasteiger partial charge in [-0.05, 0) is 33.6 Å². The van der Waals surface area contributed by atoms with Gasteiger partial charge in [-0.2, -0.15) is 0 Å². The number of carbonyl (C=O) groups excluding carboxylic acids is 2. The summed E-state index contributed by atoms with van der Waals surface area (Å²) in [5, 5.41) is 9.42. The van der Waals surface area contributed by atoms with Crippen LogP contribution in [-0.2, 0) is 14.3 Å². The average molecular weight is 271 g/mol. The fraction of sp³-hybridized carbons (Fsp3) is 0.769. The maximum Gasteiger partial charge on any atom is 0.418 e. The van der Waals surface area contributed by atoms with Crippen molar-refractivity contribution in [2.75, 3.05) is 0 Å². The first kappa shape index (κ1) is 15.5. The van der Waals surface area contributed by atoms with Crippen molar-refractivity contribution < 1.29 is 24.2 Å². The highest BCUT2D eigenvalue weighted by molar-refractivity contribution is 6.02. The minimum atomic E-state index is -1.49. The minimum Gasteiger partial charge on any atom is -0.479 e. The molecule has 0 aromatic rings. The summed E-state index contributed by atoms with van der Waals surface area (Å²) in [5.74, 6) is -2.15. The van der Waals surface area contributed by atoms with E-state index in [9.17, 15) is 19.5 Å². The van der Waals surface area contributed by atoms with Crippen molar-refractivity contribution in [2.24, 2.45) is 5.92 Å². The maximum absolute atomic E-state index is 12.1. The smallest absolute Gasteiger partial charge is 0.418 e. The lowest BCUT2D eigenvalue weighted by Crippen LogP contribution is -2.55. The highest BCUT2D eigenvalue weighted by Crippen LogP contribution is 2.38. The maximum atomic E-state index is 12.1. The van der Waals surface area contributed by atoms with Gasteiger partial charge in [0.2, 0.25) is 5.91 Å². The summed E-state index contributed by atoms with van der Waals surface area (Å²) in [4.78, 5) is 36.5. The van der Waals surface area contributed by atoms with Crippen molar-refractivity contribution in [2.45, 2.75) is 58.6 Å². The standard InChI is InChI=1S/C13H21NO5/c1-6-13(10(16)17)7-8(2)9(15)14(13)11(18)19-12(3,4)5/h8H,6-7H2,1-5H3,(H,16,17)/t8-,13-/m0/s1. The largest absolute Gasteiger partial charge is 0.479 e. The lowest BCUT2D eigenvalue weighted by atomic mass is 9.90. The Morgan fingerprint density at radius 3 is 2.37 bits per heavy atom. The van der Waals surface area contributed by atoms with Crippen LogP contribution in [0.5, 0.6) is 0 Å². The Morgan fingerprint density at radius 2 is 2.00 bits per heavy atom. The molecular formula is C13H21NO5. The van der Waals surface area contributed by atoms with Crippen molar-refractivity contribution in [3.05, 3.63) is 0 Å². The molecule has 6 heteroatoms. The number of amides is 2. The van der Waals surface area contributed by atoms with Gasteiger partial charge in [-0.25, -0.2) is 14.5 Å². The van der Waals surface area contributed by atoms with Crippen LogP contribution in [0.4, 0.5) is 4.79 Å². The molecular weight excluding hydrogens is 250 g/mol. The van der Waals surface area contributed by atoms with Crippen LogP contribution in [0.2, 0.25) is 0 Å². The molecule has 108 valence electrons. The highest BCUT2D eigenvalue weighted by Gasteiger charge is 2.57. The van der Waals surface area contributed by atoms with E-state index < -0.39 is 35.0 Å². The summed E-state index contributed by atoms with van der Waals surface area (Å²) in [5.41, 5.74) is -2.26. The van der Waals surface area contributed by atoms with Crippen molar-refractivity contribution in [1.29, 1.82) is 0 Å². The summed E-state index contributed by atoms with van der Waals surface area (Å²) in [6.07, 6.45) is -0.597.